The zero-order valence-electron chi connectivity index (χ0n) is 12.1. The normalized spacial score (nSPS) is 18.8. The first-order valence-corrected chi connectivity index (χ1v) is 8.72. The number of rotatable bonds is 5. The fourth-order valence-corrected chi connectivity index (χ4v) is 3.54. The van der Waals surface area contributed by atoms with Gasteiger partial charge in [-0.2, -0.15) is 0 Å². The third-order valence-electron chi connectivity index (χ3n) is 3.41. The van der Waals surface area contributed by atoms with Crippen molar-refractivity contribution in [1.82, 2.24) is 4.90 Å². The predicted octanol–water partition coefficient (Wildman–Crippen LogP) is 1.01. The Morgan fingerprint density at radius 1 is 1.43 bits per heavy atom. The van der Waals surface area contributed by atoms with E-state index in [1.165, 1.54) is 0 Å². The van der Waals surface area contributed by atoms with Crippen molar-refractivity contribution in [2.45, 2.75) is 25.8 Å². The van der Waals surface area contributed by atoms with E-state index in [4.69, 9.17) is 5.73 Å². The summed E-state index contributed by atoms with van der Waals surface area (Å²) in [5, 5.41) is 0. The van der Waals surface area contributed by atoms with Gasteiger partial charge >= 0.3 is 0 Å². The standard InChI is InChI=1S/C14H21N3O3S/c1-2-9-21(19,20)16-13-6-4-3-5-12(13)14(18)17-8-7-11(15)10-17/h3-6,11,16H,2,7-10,15H2,1H3/t11-/m1/s1. The van der Waals surface area contributed by atoms with Gasteiger partial charge in [-0.3, -0.25) is 9.52 Å². The summed E-state index contributed by atoms with van der Waals surface area (Å²) in [5.41, 5.74) is 6.51. The molecule has 0 aromatic heterocycles. The van der Waals surface area contributed by atoms with E-state index in [1.54, 1.807) is 36.1 Å². The quantitative estimate of drug-likeness (QED) is 0.849. The number of likely N-dealkylation sites (tertiary alicyclic amines) is 1. The lowest BCUT2D eigenvalue weighted by atomic mass is 10.1. The molecule has 1 aliphatic heterocycles. The van der Waals surface area contributed by atoms with Crippen molar-refractivity contribution in [3.05, 3.63) is 29.8 Å². The summed E-state index contributed by atoms with van der Waals surface area (Å²) >= 11 is 0. The molecular formula is C14H21N3O3S. The number of carbonyl (C=O) groups excluding carboxylic acids is 1. The van der Waals surface area contributed by atoms with Crippen LogP contribution < -0.4 is 10.5 Å². The van der Waals surface area contributed by atoms with E-state index in [-0.39, 0.29) is 17.7 Å². The smallest absolute Gasteiger partial charge is 0.256 e. The number of benzene rings is 1. The van der Waals surface area contributed by atoms with Crippen LogP contribution in [-0.4, -0.2) is 44.1 Å². The van der Waals surface area contributed by atoms with Gasteiger partial charge in [-0.15, -0.1) is 0 Å². The van der Waals surface area contributed by atoms with Gasteiger partial charge in [0.15, 0.2) is 0 Å². The monoisotopic (exact) mass is 311 g/mol. The molecule has 0 unspecified atom stereocenters. The summed E-state index contributed by atoms with van der Waals surface area (Å²) in [5.74, 6) is -0.151. The third kappa shape index (κ3) is 3.95. The van der Waals surface area contributed by atoms with Crippen LogP contribution in [0.4, 0.5) is 5.69 Å². The Morgan fingerprint density at radius 3 is 2.76 bits per heavy atom. The molecule has 0 aliphatic carbocycles. The molecule has 0 radical (unpaired) electrons. The largest absolute Gasteiger partial charge is 0.337 e. The second kappa shape index (κ2) is 6.44. The highest BCUT2D eigenvalue weighted by Crippen LogP contribution is 2.21. The maximum atomic E-state index is 12.5. The van der Waals surface area contributed by atoms with E-state index in [2.05, 4.69) is 4.72 Å². The Hall–Kier alpha value is -1.60. The number of carbonyl (C=O) groups is 1. The first kappa shape index (κ1) is 15.8. The van der Waals surface area contributed by atoms with Crippen LogP contribution in [0.2, 0.25) is 0 Å². The summed E-state index contributed by atoms with van der Waals surface area (Å²) < 4.78 is 26.3. The van der Waals surface area contributed by atoms with Gasteiger partial charge in [0.05, 0.1) is 17.0 Å². The molecular weight excluding hydrogens is 290 g/mol. The van der Waals surface area contributed by atoms with E-state index in [0.717, 1.165) is 6.42 Å². The van der Waals surface area contributed by atoms with Crippen LogP contribution in [0.25, 0.3) is 0 Å². The highest BCUT2D eigenvalue weighted by molar-refractivity contribution is 7.92. The van der Waals surface area contributed by atoms with Crippen LogP contribution in [0.5, 0.6) is 0 Å². The average Bonchev–Trinajstić information content (AvgIpc) is 2.84. The molecule has 1 saturated heterocycles. The molecule has 1 aromatic rings. The highest BCUT2D eigenvalue weighted by atomic mass is 32.2. The predicted molar refractivity (Wildman–Crippen MR) is 82.6 cm³/mol. The summed E-state index contributed by atoms with van der Waals surface area (Å²) in [6, 6.07) is 6.67. The fourth-order valence-electron chi connectivity index (χ4n) is 2.39. The molecule has 1 aromatic carbocycles. The van der Waals surface area contributed by atoms with Crippen LogP contribution in [0.15, 0.2) is 24.3 Å². The molecule has 0 bridgehead atoms. The van der Waals surface area contributed by atoms with Crippen molar-refractivity contribution in [3.63, 3.8) is 0 Å². The lowest BCUT2D eigenvalue weighted by Gasteiger charge is -2.18. The van der Waals surface area contributed by atoms with Crippen molar-refractivity contribution >= 4 is 21.6 Å². The van der Waals surface area contributed by atoms with Crippen molar-refractivity contribution < 1.29 is 13.2 Å². The summed E-state index contributed by atoms with van der Waals surface area (Å²) in [4.78, 5) is 14.2. The van der Waals surface area contributed by atoms with Crippen molar-refractivity contribution in [2.75, 3.05) is 23.6 Å². The molecule has 2 rings (SSSR count). The number of hydrogen-bond acceptors (Lipinski definition) is 4. The van der Waals surface area contributed by atoms with E-state index in [1.807, 2.05) is 0 Å². The van der Waals surface area contributed by atoms with Crippen LogP contribution >= 0.6 is 0 Å². The van der Waals surface area contributed by atoms with Crippen LogP contribution in [0.3, 0.4) is 0 Å². The highest BCUT2D eigenvalue weighted by Gasteiger charge is 2.26. The lowest BCUT2D eigenvalue weighted by molar-refractivity contribution is 0.0792. The summed E-state index contributed by atoms with van der Waals surface area (Å²) in [6.45, 7) is 2.91. The molecule has 7 heteroatoms. The molecule has 116 valence electrons. The van der Waals surface area contributed by atoms with Gasteiger partial charge in [-0.1, -0.05) is 19.1 Å². The second-order valence-electron chi connectivity index (χ2n) is 5.27. The Bertz CT molecular complexity index is 616. The number of nitrogens with zero attached hydrogens (tertiary/aromatic N) is 1. The van der Waals surface area contributed by atoms with E-state index in [9.17, 15) is 13.2 Å². The fraction of sp³-hybridized carbons (Fsp3) is 0.500. The first-order chi connectivity index (χ1) is 9.93. The number of anilines is 1. The number of amides is 1. The molecule has 0 saturated carbocycles. The number of sulfonamides is 1. The summed E-state index contributed by atoms with van der Waals surface area (Å²) in [6.07, 6.45) is 1.29. The average molecular weight is 311 g/mol. The molecule has 1 aliphatic rings. The minimum Gasteiger partial charge on any atom is -0.337 e. The molecule has 1 amide bonds. The van der Waals surface area contributed by atoms with Crippen LogP contribution in [0.1, 0.15) is 30.1 Å². The molecule has 6 nitrogen and oxygen atoms in total. The molecule has 3 N–H and O–H groups in total. The molecule has 1 fully saturated rings. The molecule has 21 heavy (non-hydrogen) atoms. The maximum absolute atomic E-state index is 12.5. The topological polar surface area (TPSA) is 92.5 Å². The van der Waals surface area contributed by atoms with Gasteiger partial charge < -0.3 is 10.6 Å². The zero-order valence-corrected chi connectivity index (χ0v) is 12.9. The minimum atomic E-state index is -3.42. The lowest BCUT2D eigenvalue weighted by Crippen LogP contribution is -2.32. The number of nitrogens with one attached hydrogen (secondary N) is 1. The molecule has 1 atom stereocenters. The van der Waals surface area contributed by atoms with Crippen molar-refractivity contribution in [2.24, 2.45) is 5.73 Å². The van der Waals surface area contributed by atoms with Gasteiger partial charge in [-0.25, -0.2) is 8.42 Å². The third-order valence-corrected chi connectivity index (χ3v) is 4.88. The Morgan fingerprint density at radius 2 is 2.14 bits per heavy atom. The van der Waals surface area contributed by atoms with E-state index >= 15 is 0 Å². The zero-order chi connectivity index (χ0) is 15.5. The molecule has 0 spiro atoms. The number of nitrogens with two attached hydrogens (primary N) is 1. The van der Waals surface area contributed by atoms with E-state index < -0.39 is 10.0 Å². The van der Waals surface area contributed by atoms with Gasteiger partial charge in [0, 0.05) is 19.1 Å². The Kier molecular flexibility index (Phi) is 4.84. The number of hydrogen-bond donors (Lipinski definition) is 2. The van der Waals surface area contributed by atoms with Crippen molar-refractivity contribution in [1.29, 1.82) is 0 Å². The van der Waals surface area contributed by atoms with Crippen LogP contribution in [-0.2, 0) is 10.0 Å². The minimum absolute atomic E-state index is 0.00195. The SMILES string of the molecule is CCCS(=O)(=O)Nc1ccccc1C(=O)N1CC[C@@H](N)C1. The second-order valence-corrected chi connectivity index (χ2v) is 7.11. The van der Waals surface area contributed by atoms with Crippen LogP contribution in [0, 0.1) is 0 Å². The molecule has 1 heterocycles. The van der Waals surface area contributed by atoms with Gasteiger partial charge in [-0.05, 0) is 25.0 Å². The first-order valence-electron chi connectivity index (χ1n) is 7.07. The number of para-hydroxylation sites is 1. The van der Waals surface area contributed by atoms with Crippen molar-refractivity contribution in [3.8, 4) is 0 Å². The van der Waals surface area contributed by atoms with Gasteiger partial charge in [0.1, 0.15) is 0 Å². The summed E-state index contributed by atoms with van der Waals surface area (Å²) in [7, 11) is -3.42. The van der Waals surface area contributed by atoms with E-state index in [0.29, 0.717) is 30.8 Å². The Balaban J connectivity index is 2.23. The van der Waals surface area contributed by atoms with Gasteiger partial charge in [0.25, 0.3) is 5.91 Å². The maximum Gasteiger partial charge on any atom is 0.256 e. The van der Waals surface area contributed by atoms with Gasteiger partial charge in [0.2, 0.25) is 10.0 Å². The Labute approximate surface area is 125 Å².